The molecule has 1 aromatic carbocycles. The molecular formula is C18H17F2N3OS. The Labute approximate surface area is 148 Å². The molecule has 0 bridgehead atoms. The zero-order chi connectivity index (χ0) is 17.6. The Bertz CT molecular complexity index is 866. The summed E-state index contributed by atoms with van der Waals surface area (Å²) in [4.78, 5) is 16.1. The average molecular weight is 361 g/mol. The highest BCUT2D eigenvalue weighted by Crippen LogP contribution is 2.26. The quantitative estimate of drug-likeness (QED) is 0.507. The third kappa shape index (κ3) is 4.36. The van der Waals surface area contributed by atoms with Crippen LogP contribution in [0.2, 0.25) is 0 Å². The van der Waals surface area contributed by atoms with Crippen LogP contribution in [0, 0.1) is 0 Å². The Morgan fingerprint density at radius 2 is 2.04 bits per heavy atom. The molecule has 130 valence electrons. The molecule has 0 fully saturated rings. The summed E-state index contributed by atoms with van der Waals surface area (Å²) in [6, 6.07) is 13.2. The topological polar surface area (TPSA) is 46.9 Å². The van der Waals surface area contributed by atoms with E-state index in [1.807, 2.05) is 18.3 Å². The van der Waals surface area contributed by atoms with Crippen molar-refractivity contribution in [3.8, 4) is 0 Å². The monoisotopic (exact) mass is 361 g/mol. The highest BCUT2D eigenvalue weighted by atomic mass is 32.2. The van der Waals surface area contributed by atoms with Crippen LogP contribution >= 0.6 is 11.8 Å². The molecular weight excluding hydrogens is 344 g/mol. The fourth-order valence-electron chi connectivity index (χ4n) is 2.62. The first-order valence-corrected chi connectivity index (χ1v) is 8.75. The van der Waals surface area contributed by atoms with E-state index in [1.54, 1.807) is 6.07 Å². The van der Waals surface area contributed by atoms with Crippen molar-refractivity contribution in [1.82, 2.24) is 14.9 Å². The second kappa shape index (κ2) is 8.11. The Hall–Kier alpha value is -2.41. The van der Waals surface area contributed by atoms with Crippen LogP contribution in [0.15, 0.2) is 59.9 Å². The summed E-state index contributed by atoms with van der Waals surface area (Å²) in [6.45, 7) is 1.22. The number of carbonyl (C=O) groups excluding carboxylic acids is 1. The van der Waals surface area contributed by atoms with E-state index in [4.69, 9.17) is 0 Å². The summed E-state index contributed by atoms with van der Waals surface area (Å²) in [7, 11) is 0. The second-order valence-corrected chi connectivity index (χ2v) is 6.39. The summed E-state index contributed by atoms with van der Waals surface area (Å²) in [5, 5.41) is 4.00. The van der Waals surface area contributed by atoms with E-state index in [1.165, 1.54) is 17.6 Å². The normalized spacial score (nSPS) is 11.2. The lowest BCUT2D eigenvalue weighted by Crippen LogP contribution is -2.26. The minimum Gasteiger partial charge on any atom is -0.352 e. The van der Waals surface area contributed by atoms with Crippen LogP contribution in [0.3, 0.4) is 0 Å². The molecule has 25 heavy (non-hydrogen) atoms. The fraction of sp³-hybridized carbons (Fsp3) is 0.222. The minimum absolute atomic E-state index is 0.0476. The first-order valence-electron chi connectivity index (χ1n) is 7.87. The number of carbonyl (C=O) groups is 1. The van der Waals surface area contributed by atoms with Crippen LogP contribution in [0.4, 0.5) is 8.78 Å². The molecule has 2 heterocycles. The summed E-state index contributed by atoms with van der Waals surface area (Å²) in [5.74, 6) is -2.99. The largest absolute Gasteiger partial charge is 0.352 e. The number of benzene rings is 1. The highest BCUT2D eigenvalue weighted by molar-refractivity contribution is 7.99. The van der Waals surface area contributed by atoms with E-state index in [9.17, 15) is 13.6 Å². The molecule has 0 aliphatic carbocycles. The number of thioether (sulfide) groups is 1. The van der Waals surface area contributed by atoms with Gasteiger partial charge in [0.2, 0.25) is 0 Å². The van der Waals surface area contributed by atoms with Gasteiger partial charge in [0.1, 0.15) is 5.03 Å². The highest BCUT2D eigenvalue weighted by Gasteiger charge is 2.16. The van der Waals surface area contributed by atoms with Gasteiger partial charge < -0.3 is 9.88 Å². The van der Waals surface area contributed by atoms with Crippen LogP contribution in [0.1, 0.15) is 16.8 Å². The van der Waals surface area contributed by atoms with Gasteiger partial charge >= 0.3 is 0 Å². The van der Waals surface area contributed by atoms with Crippen molar-refractivity contribution in [2.24, 2.45) is 0 Å². The van der Waals surface area contributed by atoms with E-state index in [0.717, 1.165) is 18.5 Å². The van der Waals surface area contributed by atoms with Crippen LogP contribution in [0.25, 0.3) is 10.9 Å². The van der Waals surface area contributed by atoms with E-state index in [0.29, 0.717) is 6.54 Å². The average Bonchev–Trinajstić information content (AvgIpc) is 3.02. The number of rotatable bonds is 7. The maximum absolute atomic E-state index is 12.5. The molecule has 1 N–H and O–H groups in total. The first-order chi connectivity index (χ1) is 12.1. The lowest BCUT2D eigenvalue weighted by Gasteiger charge is -2.09. The molecule has 2 aromatic heterocycles. The van der Waals surface area contributed by atoms with Crippen molar-refractivity contribution >= 4 is 28.6 Å². The molecule has 0 spiro atoms. The number of pyridine rings is 1. The van der Waals surface area contributed by atoms with E-state index in [2.05, 4.69) is 33.1 Å². The molecule has 0 saturated carbocycles. The van der Waals surface area contributed by atoms with Crippen LogP contribution in [-0.4, -0.2) is 27.8 Å². The zero-order valence-corrected chi connectivity index (χ0v) is 14.2. The number of hydrogen-bond donors (Lipinski definition) is 1. The van der Waals surface area contributed by atoms with E-state index >= 15 is 0 Å². The smallest absolute Gasteiger partial charge is 0.290 e. The van der Waals surface area contributed by atoms with Crippen LogP contribution in [-0.2, 0) is 6.54 Å². The van der Waals surface area contributed by atoms with Gasteiger partial charge in [-0.1, -0.05) is 18.2 Å². The number of para-hydroxylation sites is 1. The number of hydrogen-bond acceptors (Lipinski definition) is 3. The van der Waals surface area contributed by atoms with Gasteiger partial charge in [-0.25, -0.2) is 4.98 Å². The molecule has 7 heteroatoms. The summed E-state index contributed by atoms with van der Waals surface area (Å²) >= 11 is 0.283. The number of alkyl halides is 2. The maximum atomic E-state index is 12.5. The molecule has 0 aliphatic rings. The van der Waals surface area contributed by atoms with Crippen LogP contribution < -0.4 is 5.32 Å². The van der Waals surface area contributed by atoms with Crippen molar-refractivity contribution in [2.45, 2.75) is 23.7 Å². The second-order valence-electron chi connectivity index (χ2n) is 5.41. The summed E-state index contributed by atoms with van der Waals surface area (Å²) in [6.07, 6.45) is 4.16. The number of halogens is 2. The van der Waals surface area contributed by atoms with Crippen molar-refractivity contribution in [1.29, 1.82) is 0 Å². The van der Waals surface area contributed by atoms with Crippen LogP contribution in [0.5, 0.6) is 0 Å². The van der Waals surface area contributed by atoms with E-state index in [-0.39, 0.29) is 28.3 Å². The van der Waals surface area contributed by atoms with E-state index < -0.39 is 5.76 Å². The first kappa shape index (κ1) is 17.4. The molecule has 4 nitrogen and oxygen atoms in total. The van der Waals surface area contributed by atoms with Gasteiger partial charge in [0, 0.05) is 31.0 Å². The number of aryl methyl sites for hydroxylation is 1. The minimum atomic E-state index is -2.61. The number of nitrogens with zero attached hydrogens (tertiary/aromatic N) is 2. The van der Waals surface area contributed by atoms with Crippen molar-refractivity contribution in [2.75, 3.05) is 6.54 Å². The summed E-state index contributed by atoms with van der Waals surface area (Å²) in [5.41, 5.74) is 1.33. The predicted octanol–water partition coefficient (Wildman–Crippen LogP) is 4.17. The van der Waals surface area contributed by atoms with Gasteiger partial charge in [0.05, 0.1) is 5.56 Å². The third-order valence-corrected chi connectivity index (χ3v) is 4.48. The molecule has 0 atom stereocenters. The lowest BCUT2D eigenvalue weighted by atomic mass is 10.2. The van der Waals surface area contributed by atoms with Crippen molar-refractivity contribution in [3.05, 3.63) is 60.4 Å². The van der Waals surface area contributed by atoms with Crippen molar-refractivity contribution < 1.29 is 13.6 Å². The van der Waals surface area contributed by atoms with Gasteiger partial charge in [-0.3, -0.25) is 4.79 Å². The Kier molecular flexibility index (Phi) is 5.65. The number of fused-ring (bicyclic) bond motifs is 1. The Morgan fingerprint density at radius 3 is 2.88 bits per heavy atom. The zero-order valence-electron chi connectivity index (χ0n) is 13.4. The van der Waals surface area contributed by atoms with Gasteiger partial charge in [0.15, 0.2) is 0 Å². The maximum Gasteiger partial charge on any atom is 0.290 e. The Morgan fingerprint density at radius 1 is 1.20 bits per heavy atom. The van der Waals surface area contributed by atoms with Gasteiger partial charge in [-0.15, -0.1) is 0 Å². The number of amides is 1. The van der Waals surface area contributed by atoms with Gasteiger partial charge in [-0.2, -0.15) is 8.78 Å². The standard InChI is InChI=1S/C18H17F2N3OS/c19-18(20)25-17-14(6-3-9-22-17)16(24)21-10-4-11-23-12-8-13-5-1-2-7-15(13)23/h1-3,5-9,12,18H,4,10-11H2,(H,21,24). The predicted molar refractivity (Wildman–Crippen MR) is 95.0 cm³/mol. The molecule has 3 rings (SSSR count). The lowest BCUT2D eigenvalue weighted by molar-refractivity contribution is 0.0949. The summed E-state index contributed by atoms with van der Waals surface area (Å²) < 4.78 is 27.2. The molecule has 3 aromatic rings. The molecule has 1 amide bonds. The molecule has 0 unspecified atom stereocenters. The van der Waals surface area contributed by atoms with Crippen molar-refractivity contribution in [3.63, 3.8) is 0 Å². The van der Waals surface area contributed by atoms with Gasteiger partial charge in [0.25, 0.3) is 11.7 Å². The molecule has 0 aliphatic heterocycles. The third-order valence-electron chi connectivity index (χ3n) is 3.76. The Balaban J connectivity index is 1.55. The number of aromatic nitrogens is 2. The number of nitrogens with one attached hydrogen (secondary N) is 1. The molecule has 0 radical (unpaired) electrons. The molecule has 0 saturated heterocycles. The van der Waals surface area contributed by atoms with Gasteiger partial charge in [-0.05, 0) is 47.8 Å². The SMILES string of the molecule is O=C(NCCCn1ccc2ccccc21)c1cccnc1SC(F)F. The fourth-order valence-corrected chi connectivity index (χ4v) is 3.20.